The Morgan fingerprint density at radius 2 is 1.96 bits per heavy atom. The zero-order valence-corrected chi connectivity index (χ0v) is 16.6. The van der Waals surface area contributed by atoms with Crippen molar-refractivity contribution >= 4 is 33.0 Å². The number of ether oxygens (including phenoxy) is 1. The number of amides is 1. The normalized spacial score (nSPS) is 17.9. The van der Waals surface area contributed by atoms with Gasteiger partial charge in [-0.25, -0.2) is 0 Å². The minimum Gasteiger partial charge on any atom is -0.487 e. The molecule has 1 N–H and O–H groups in total. The Hall–Kier alpha value is -2.64. The predicted molar refractivity (Wildman–Crippen MR) is 107 cm³/mol. The van der Waals surface area contributed by atoms with Gasteiger partial charge in [-0.15, -0.1) is 0 Å². The zero-order chi connectivity index (χ0) is 19.9. The van der Waals surface area contributed by atoms with Crippen LogP contribution in [0.1, 0.15) is 34.2 Å². The van der Waals surface area contributed by atoms with E-state index >= 15 is 0 Å². The molecule has 1 amide bonds. The summed E-state index contributed by atoms with van der Waals surface area (Å²) in [5, 5.41) is 2.90. The number of anilines is 1. The number of carbonyl (C=O) groups excluding carboxylic acids is 1. The van der Waals surface area contributed by atoms with E-state index < -0.39 is 10.1 Å². The summed E-state index contributed by atoms with van der Waals surface area (Å²) >= 11 is 0. The van der Waals surface area contributed by atoms with Crippen LogP contribution in [0.2, 0.25) is 0 Å². The number of carbonyl (C=O) groups is 1. The van der Waals surface area contributed by atoms with E-state index in [0.717, 1.165) is 39.8 Å². The third-order valence-electron chi connectivity index (χ3n) is 4.84. The second kappa shape index (κ2) is 7.07. The van der Waals surface area contributed by atoms with Crippen LogP contribution < -0.4 is 5.32 Å². The molecule has 146 valence electrons. The maximum atomic E-state index is 12.5. The van der Waals surface area contributed by atoms with E-state index in [1.54, 1.807) is 0 Å². The lowest BCUT2D eigenvalue weighted by Gasteiger charge is -2.07. The van der Waals surface area contributed by atoms with Crippen molar-refractivity contribution in [1.29, 1.82) is 0 Å². The van der Waals surface area contributed by atoms with Gasteiger partial charge in [0.05, 0.1) is 18.4 Å². The van der Waals surface area contributed by atoms with Crippen LogP contribution in [0.15, 0.2) is 36.4 Å². The molecule has 4 rings (SSSR count). The molecule has 0 radical (unpaired) electrons. The lowest BCUT2D eigenvalue weighted by atomic mass is 9.97. The summed E-state index contributed by atoms with van der Waals surface area (Å²) in [6.45, 7) is 2.57. The highest BCUT2D eigenvalue weighted by Gasteiger charge is 2.32. The van der Waals surface area contributed by atoms with E-state index in [2.05, 4.69) is 5.32 Å². The first kappa shape index (κ1) is 18.7. The van der Waals surface area contributed by atoms with Crippen LogP contribution in [0.5, 0.6) is 0 Å². The smallest absolute Gasteiger partial charge is 0.264 e. The second-order valence-electron chi connectivity index (χ2n) is 7.12. The van der Waals surface area contributed by atoms with Crippen molar-refractivity contribution in [3.63, 3.8) is 0 Å². The van der Waals surface area contributed by atoms with Crippen molar-refractivity contribution in [3.8, 4) is 0 Å². The average Bonchev–Trinajstić information content (AvgIpc) is 3.17. The fourth-order valence-corrected chi connectivity index (χ4v) is 3.99. The first-order chi connectivity index (χ1) is 13.3. The van der Waals surface area contributed by atoms with Crippen LogP contribution >= 0.6 is 0 Å². The van der Waals surface area contributed by atoms with Crippen molar-refractivity contribution in [1.82, 2.24) is 0 Å². The van der Waals surface area contributed by atoms with Gasteiger partial charge >= 0.3 is 0 Å². The summed E-state index contributed by atoms with van der Waals surface area (Å²) in [5.41, 5.74) is 6.36. The minimum absolute atomic E-state index is 0.148. The molecule has 28 heavy (non-hydrogen) atoms. The Bertz CT molecular complexity index is 1100. The zero-order valence-electron chi connectivity index (χ0n) is 15.7. The van der Waals surface area contributed by atoms with Gasteiger partial charge in [0.15, 0.2) is 0 Å². The molecule has 0 atom stereocenters. The van der Waals surface area contributed by atoms with Crippen LogP contribution in [-0.2, 0) is 36.9 Å². The SMILES string of the molecule is Cc1ccc2c(c1)C(=C1OCc3cc(CCCOS(C)(=O)=O)ccc31)C(=O)N2. The van der Waals surface area contributed by atoms with Gasteiger partial charge in [-0.05, 0) is 37.5 Å². The molecule has 2 aliphatic heterocycles. The molecule has 0 unspecified atom stereocenters. The molecule has 0 aliphatic carbocycles. The lowest BCUT2D eigenvalue weighted by molar-refractivity contribution is -0.110. The summed E-state index contributed by atoms with van der Waals surface area (Å²) in [6, 6.07) is 11.9. The molecule has 2 heterocycles. The molecule has 0 spiro atoms. The minimum atomic E-state index is -3.40. The van der Waals surface area contributed by atoms with Gasteiger partial charge in [0.2, 0.25) is 0 Å². The Morgan fingerprint density at radius 1 is 1.14 bits per heavy atom. The van der Waals surface area contributed by atoms with Gasteiger partial charge in [-0.2, -0.15) is 8.42 Å². The maximum absolute atomic E-state index is 12.5. The van der Waals surface area contributed by atoms with Crippen molar-refractivity contribution in [2.75, 3.05) is 18.2 Å². The monoisotopic (exact) mass is 399 g/mol. The quantitative estimate of drug-likeness (QED) is 0.474. The molecular weight excluding hydrogens is 378 g/mol. The Labute approximate surface area is 164 Å². The van der Waals surface area contributed by atoms with Crippen LogP contribution in [0.3, 0.4) is 0 Å². The third kappa shape index (κ3) is 3.68. The van der Waals surface area contributed by atoms with E-state index in [4.69, 9.17) is 8.92 Å². The standard InChI is InChI=1S/C21H21NO5S/c1-13-5-8-18-17(10-13)19(21(23)22-18)20-16-7-6-14(11-15(16)12-26-20)4-3-9-27-28(2,24)25/h5-8,10-11H,3-4,9,12H2,1-2H3,(H,22,23). The van der Waals surface area contributed by atoms with E-state index in [1.165, 1.54) is 0 Å². The van der Waals surface area contributed by atoms with Crippen LogP contribution in [0.4, 0.5) is 5.69 Å². The highest BCUT2D eigenvalue weighted by atomic mass is 32.2. The van der Waals surface area contributed by atoms with E-state index in [-0.39, 0.29) is 12.5 Å². The highest BCUT2D eigenvalue weighted by Crippen LogP contribution is 2.42. The number of fused-ring (bicyclic) bond motifs is 2. The average molecular weight is 399 g/mol. The number of hydrogen-bond donors (Lipinski definition) is 1. The topological polar surface area (TPSA) is 81.7 Å². The molecule has 2 aliphatic rings. The van der Waals surface area contributed by atoms with Gasteiger partial charge in [0, 0.05) is 22.4 Å². The maximum Gasteiger partial charge on any atom is 0.264 e. The predicted octanol–water partition coefficient (Wildman–Crippen LogP) is 3.25. The van der Waals surface area contributed by atoms with Crippen LogP contribution in [0.25, 0.3) is 11.3 Å². The largest absolute Gasteiger partial charge is 0.487 e. The van der Waals surface area contributed by atoms with Crippen molar-refractivity contribution in [2.45, 2.75) is 26.4 Å². The van der Waals surface area contributed by atoms with Crippen molar-refractivity contribution < 1.29 is 22.1 Å². The first-order valence-electron chi connectivity index (χ1n) is 9.08. The van der Waals surface area contributed by atoms with Gasteiger partial charge in [0.25, 0.3) is 16.0 Å². The van der Waals surface area contributed by atoms with Gasteiger partial charge in [-0.1, -0.05) is 29.8 Å². The molecule has 0 saturated carbocycles. The summed E-state index contributed by atoms with van der Waals surface area (Å²) in [6.07, 6.45) is 2.36. The molecule has 7 heteroatoms. The number of aryl methyl sites for hydroxylation is 2. The van der Waals surface area contributed by atoms with E-state index in [0.29, 0.717) is 30.8 Å². The van der Waals surface area contributed by atoms with Crippen LogP contribution in [-0.4, -0.2) is 27.2 Å². The van der Waals surface area contributed by atoms with Crippen molar-refractivity contribution in [3.05, 3.63) is 64.2 Å². The van der Waals surface area contributed by atoms with E-state index in [9.17, 15) is 13.2 Å². The highest BCUT2D eigenvalue weighted by molar-refractivity contribution is 7.85. The van der Waals surface area contributed by atoms with Gasteiger partial charge < -0.3 is 10.1 Å². The summed E-state index contributed by atoms with van der Waals surface area (Å²) in [4.78, 5) is 12.5. The Balaban J connectivity index is 1.58. The molecule has 0 aromatic heterocycles. The molecule has 2 aromatic carbocycles. The molecule has 2 aromatic rings. The number of hydrogen-bond acceptors (Lipinski definition) is 5. The number of nitrogens with one attached hydrogen (secondary N) is 1. The molecule has 0 fully saturated rings. The molecule has 0 bridgehead atoms. The molecule has 6 nitrogen and oxygen atoms in total. The van der Waals surface area contributed by atoms with E-state index in [1.807, 2.05) is 43.3 Å². The third-order valence-corrected chi connectivity index (χ3v) is 5.44. The number of benzene rings is 2. The Morgan fingerprint density at radius 3 is 2.75 bits per heavy atom. The molecular formula is C21H21NO5S. The lowest BCUT2D eigenvalue weighted by Crippen LogP contribution is -2.05. The summed E-state index contributed by atoms with van der Waals surface area (Å²) in [5.74, 6) is 0.467. The second-order valence-corrected chi connectivity index (χ2v) is 8.76. The fourth-order valence-electron chi connectivity index (χ4n) is 3.57. The fraction of sp³-hybridized carbons (Fsp3) is 0.286. The van der Waals surface area contributed by atoms with Gasteiger partial charge in [-0.3, -0.25) is 8.98 Å². The summed E-state index contributed by atoms with van der Waals surface area (Å²) < 4.78 is 32.7. The molecule has 0 saturated heterocycles. The number of rotatable bonds is 5. The Kier molecular flexibility index (Phi) is 4.72. The first-order valence-corrected chi connectivity index (χ1v) is 10.9. The summed E-state index contributed by atoms with van der Waals surface area (Å²) in [7, 11) is -3.40. The van der Waals surface area contributed by atoms with Crippen LogP contribution in [0, 0.1) is 6.92 Å². The van der Waals surface area contributed by atoms with Crippen molar-refractivity contribution in [2.24, 2.45) is 0 Å². The van der Waals surface area contributed by atoms with Gasteiger partial charge in [0.1, 0.15) is 12.4 Å².